The van der Waals surface area contributed by atoms with E-state index in [-0.39, 0.29) is 11.6 Å². The van der Waals surface area contributed by atoms with E-state index in [0.29, 0.717) is 13.1 Å². The summed E-state index contributed by atoms with van der Waals surface area (Å²) in [7, 11) is 2.07. The van der Waals surface area contributed by atoms with Gasteiger partial charge in [0, 0.05) is 13.1 Å². The summed E-state index contributed by atoms with van der Waals surface area (Å²) in [4.78, 5) is 14.6. The van der Waals surface area contributed by atoms with Gasteiger partial charge >= 0.3 is 6.03 Å². The van der Waals surface area contributed by atoms with E-state index in [1.807, 2.05) is 0 Å². The average Bonchev–Trinajstić information content (AvgIpc) is 1.99. The molecule has 2 rings (SSSR count). The molecule has 2 amide bonds. The van der Waals surface area contributed by atoms with E-state index in [0.717, 1.165) is 19.7 Å². The summed E-state index contributed by atoms with van der Waals surface area (Å²) in [5.41, 5.74) is 5.02. The first kappa shape index (κ1) is 8.77. The van der Waals surface area contributed by atoms with Gasteiger partial charge in [0.25, 0.3) is 0 Å². The number of carbonyl (C=O) groups is 1. The van der Waals surface area contributed by atoms with Gasteiger partial charge in [0.1, 0.15) is 5.60 Å². The number of hydrogen-bond donors (Lipinski definition) is 1. The molecule has 0 aromatic carbocycles. The molecule has 0 unspecified atom stereocenters. The van der Waals surface area contributed by atoms with Crippen molar-refractivity contribution in [1.29, 1.82) is 0 Å². The van der Waals surface area contributed by atoms with E-state index < -0.39 is 0 Å². The van der Waals surface area contributed by atoms with Crippen molar-refractivity contribution in [2.45, 2.75) is 5.60 Å². The summed E-state index contributed by atoms with van der Waals surface area (Å²) in [5, 5.41) is 0. The summed E-state index contributed by atoms with van der Waals surface area (Å²) < 4.78 is 5.66. The summed E-state index contributed by atoms with van der Waals surface area (Å²) >= 11 is 0. The molecule has 5 heteroatoms. The Balaban J connectivity index is 1.91. The number of primary amides is 1. The number of nitrogens with two attached hydrogens (primary N) is 1. The van der Waals surface area contributed by atoms with Crippen LogP contribution in [0.25, 0.3) is 0 Å². The van der Waals surface area contributed by atoms with Crippen molar-refractivity contribution in [2.24, 2.45) is 5.73 Å². The number of rotatable bonds is 0. The third kappa shape index (κ3) is 1.49. The minimum absolute atomic E-state index is 0.123. The molecule has 0 aliphatic carbocycles. The standard InChI is InChI=1S/C8H15N3O2/c1-10-2-3-13-8(4-10)5-11(6-8)7(9)12/h2-6H2,1H3,(H2,9,12). The normalized spacial score (nSPS) is 27.3. The molecular weight excluding hydrogens is 170 g/mol. The van der Waals surface area contributed by atoms with Gasteiger partial charge in [-0.2, -0.15) is 0 Å². The van der Waals surface area contributed by atoms with Crippen LogP contribution in [0.2, 0.25) is 0 Å². The van der Waals surface area contributed by atoms with E-state index in [1.54, 1.807) is 4.90 Å². The van der Waals surface area contributed by atoms with Crippen LogP contribution >= 0.6 is 0 Å². The fourth-order valence-electron chi connectivity index (χ4n) is 2.03. The van der Waals surface area contributed by atoms with Gasteiger partial charge in [-0.05, 0) is 7.05 Å². The van der Waals surface area contributed by atoms with E-state index >= 15 is 0 Å². The molecule has 0 bridgehead atoms. The van der Waals surface area contributed by atoms with Gasteiger partial charge in [0.15, 0.2) is 0 Å². The van der Waals surface area contributed by atoms with Gasteiger partial charge in [0.2, 0.25) is 0 Å². The second kappa shape index (κ2) is 2.85. The van der Waals surface area contributed by atoms with Crippen LogP contribution in [0.3, 0.4) is 0 Å². The van der Waals surface area contributed by atoms with Crippen molar-refractivity contribution in [2.75, 3.05) is 39.8 Å². The number of hydrogen-bond acceptors (Lipinski definition) is 3. The van der Waals surface area contributed by atoms with Crippen molar-refractivity contribution in [3.05, 3.63) is 0 Å². The SMILES string of the molecule is CN1CCOC2(C1)CN(C(N)=O)C2. The predicted molar refractivity (Wildman–Crippen MR) is 47.3 cm³/mol. The van der Waals surface area contributed by atoms with Crippen LogP contribution in [0.5, 0.6) is 0 Å². The number of urea groups is 1. The molecule has 0 atom stereocenters. The first-order valence-electron chi connectivity index (χ1n) is 4.48. The molecule has 2 N–H and O–H groups in total. The second-order valence-corrected chi connectivity index (χ2v) is 3.96. The molecule has 2 heterocycles. The third-order valence-corrected chi connectivity index (χ3v) is 2.71. The smallest absolute Gasteiger partial charge is 0.314 e. The van der Waals surface area contributed by atoms with Crippen LogP contribution in [0.4, 0.5) is 4.79 Å². The summed E-state index contributed by atoms with van der Waals surface area (Å²) in [6, 6.07) is -0.345. The number of morpholine rings is 1. The third-order valence-electron chi connectivity index (χ3n) is 2.71. The molecule has 2 aliphatic rings. The topological polar surface area (TPSA) is 58.8 Å². The molecule has 2 aliphatic heterocycles. The second-order valence-electron chi connectivity index (χ2n) is 3.96. The van der Waals surface area contributed by atoms with Gasteiger partial charge in [-0.3, -0.25) is 0 Å². The molecule has 1 spiro atoms. The quantitative estimate of drug-likeness (QED) is 0.531. The zero-order chi connectivity index (χ0) is 9.47. The highest BCUT2D eigenvalue weighted by atomic mass is 16.5. The molecule has 0 radical (unpaired) electrons. The van der Waals surface area contributed by atoms with Crippen LogP contribution in [0, 0.1) is 0 Å². The van der Waals surface area contributed by atoms with Crippen molar-refractivity contribution in [3.8, 4) is 0 Å². The Morgan fingerprint density at radius 3 is 2.69 bits per heavy atom. The number of amides is 2. The molecule has 0 saturated carbocycles. The highest BCUT2D eigenvalue weighted by molar-refractivity contribution is 5.73. The maximum atomic E-state index is 10.8. The number of likely N-dealkylation sites (tertiary alicyclic amines) is 1. The highest BCUT2D eigenvalue weighted by Crippen LogP contribution is 2.27. The first-order valence-corrected chi connectivity index (χ1v) is 4.48. The van der Waals surface area contributed by atoms with E-state index in [2.05, 4.69) is 11.9 Å². The Labute approximate surface area is 77.4 Å². The minimum Gasteiger partial charge on any atom is -0.369 e. The van der Waals surface area contributed by atoms with Crippen LogP contribution < -0.4 is 5.73 Å². The first-order chi connectivity index (χ1) is 6.11. The Morgan fingerprint density at radius 1 is 1.46 bits per heavy atom. The van der Waals surface area contributed by atoms with Crippen LogP contribution in [-0.2, 0) is 4.74 Å². The molecule has 2 fully saturated rings. The highest BCUT2D eigenvalue weighted by Gasteiger charge is 2.47. The Kier molecular flexibility index (Phi) is 1.92. The lowest BCUT2D eigenvalue weighted by molar-refractivity contribution is -0.165. The molecule has 0 aromatic rings. The van der Waals surface area contributed by atoms with Gasteiger partial charge in [-0.15, -0.1) is 0 Å². The number of likely N-dealkylation sites (N-methyl/N-ethyl adjacent to an activating group) is 1. The number of carbonyl (C=O) groups excluding carboxylic acids is 1. The molecular formula is C8H15N3O2. The van der Waals surface area contributed by atoms with Crippen molar-refractivity contribution >= 4 is 6.03 Å². The average molecular weight is 185 g/mol. The lowest BCUT2D eigenvalue weighted by Gasteiger charge is -2.52. The van der Waals surface area contributed by atoms with E-state index in [4.69, 9.17) is 10.5 Å². The maximum absolute atomic E-state index is 10.8. The zero-order valence-corrected chi connectivity index (χ0v) is 7.82. The van der Waals surface area contributed by atoms with Crippen molar-refractivity contribution in [3.63, 3.8) is 0 Å². The Bertz CT molecular complexity index is 225. The summed E-state index contributed by atoms with van der Waals surface area (Å²) in [6.07, 6.45) is 0. The summed E-state index contributed by atoms with van der Waals surface area (Å²) in [5.74, 6) is 0. The lowest BCUT2D eigenvalue weighted by atomic mass is 9.92. The number of ether oxygens (including phenoxy) is 1. The van der Waals surface area contributed by atoms with Crippen molar-refractivity contribution < 1.29 is 9.53 Å². The van der Waals surface area contributed by atoms with Gasteiger partial charge < -0.3 is 20.3 Å². The summed E-state index contributed by atoms with van der Waals surface area (Å²) in [6.45, 7) is 3.91. The van der Waals surface area contributed by atoms with Gasteiger partial charge in [-0.1, -0.05) is 0 Å². The largest absolute Gasteiger partial charge is 0.369 e. The minimum atomic E-state index is -0.345. The fraction of sp³-hybridized carbons (Fsp3) is 0.875. The van der Waals surface area contributed by atoms with Crippen LogP contribution in [-0.4, -0.2) is 61.3 Å². The molecule has 2 saturated heterocycles. The lowest BCUT2D eigenvalue weighted by Crippen LogP contribution is -2.71. The predicted octanol–water partition coefficient (Wildman–Crippen LogP) is -0.918. The zero-order valence-electron chi connectivity index (χ0n) is 7.82. The Morgan fingerprint density at radius 2 is 2.15 bits per heavy atom. The fourth-order valence-corrected chi connectivity index (χ4v) is 2.03. The monoisotopic (exact) mass is 185 g/mol. The van der Waals surface area contributed by atoms with E-state index in [9.17, 15) is 4.79 Å². The molecule has 0 aromatic heterocycles. The number of nitrogens with zero attached hydrogens (tertiary/aromatic N) is 2. The Hall–Kier alpha value is -0.810. The maximum Gasteiger partial charge on any atom is 0.314 e. The van der Waals surface area contributed by atoms with Crippen molar-refractivity contribution in [1.82, 2.24) is 9.80 Å². The van der Waals surface area contributed by atoms with Gasteiger partial charge in [0.05, 0.1) is 19.7 Å². The van der Waals surface area contributed by atoms with Crippen LogP contribution in [0.1, 0.15) is 0 Å². The van der Waals surface area contributed by atoms with E-state index in [1.165, 1.54) is 0 Å². The molecule has 74 valence electrons. The van der Waals surface area contributed by atoms with Gasteiger partial charge in [-0.25, -0.2) is 4.79 Å². The molecule has 5 nitrogen and oxygen atoms in total. The molecule has 13 heavy (non-hydrogen) atoms. The van der Waals surface area contributed by atoms with Crippen LogP contribution in [0.15, 0.2) is 0 Å².